The highest BCUT2D eigenvalue weighted by molar-refractivity contribution is 5.69. The number of hydrogen-bond donors (Lipinski definition) is 0. The molecule has 0 amide bonds. The Morgan fingerprint density at radius 3 is 1.50 bits per heavy atom. The average Bonchev–Trinajstić information content (AvgIpc) is 3.56. The Bertz CT molecular complexity index is 1440. The maximum absolute atomic E-state index is 12.8. The van der Waals surface area contributed by atoms with E-state index in [0.717, 1.165) is 0 Å². The van der Waals surface area contributed by atoms with Crippen molar-refractivity contribution in [3.8, 4) is 11.5 Å². The monoisotopic (exact) mass is 550 g/mol. The summed E-state index contributed by atoms with van der Waals surface area (Å²) in [5.41, 5.74) is 1.20. The fraction of sp³-hybridized carbons (Fsp3) is 0.296. The maximum atomic E-state index is 12.8. The van der Waals surface area contributed by atoms with Gasteiger partial charge in [0.25, 0.3) is 11.4 Å². The molecule has 208 valence electrons. The van der Waals surface area contributed by atoms with E-state index >= 15 is 0 Å². The molecule has 0 bridgehead atoms. The number of benzene rings is 2. The van der Waals surface area contributed by atoms with E-state index in [1.165, 1.54) is 48.9 Å². The molecule has 2 heterocycles. The van der Waals surface area contributed by atoms with E-state index in [-0.39, 0.29) is 47.6 Å². The number of aromatic nitrogens is 2. The first-order valence-corrected chi connectivity index (χ1v) is 12.3. The molecule has 0 saturated heterocycles. The van der Waals surface area contributed by atoms with Crippen molar-refractivity contribution < 1.29 is 32.9 Å². The molecule has 4 aromatic rings. The van der Waals surface area contributed by atoms with Crippen LogP contribution in [0.15, 0.2) is 57.8 Å². The van der Waals surface area contributed by atoms with E-state index in [1.54, 1.807) is 0 Å². The number of rotatable bonds is 10. The van der Waals surface area contributed by atoms with Gasteiger partial charge in [0.1, 0.15) is 24.0 Å². The lowest BCUT2D eigenvalue weighted by Gasteiger charge is -2.12. The van der Waals surface area contributed by atoms with Gasteiger partial charge in [-0.1, -0.05) is 27.7 Å². The molecule has 0 aliphatic heterocycles. The van der Waals surface area contributed by atoms with Gasteiger partial charge in [-0.05, 0) is 12.1 Å². The number of hydrogen-bond acceptors (Lipinski definition) is 11. The molecule has 2 aromatic heterocycles. The van der Waals surface area contributed by atoms with Crippen LogP contribution in [0.5, 0.6) is 11.5 Å². The van der Waals surface area contributed by atoms with E-state index < -0.39 is 16.0 Å². The predicted octanol–water partition coefficient (Wildman–Crippen LogP) is 6.49. The summed E-state index contributed by atoms with van der Waals surface area (Å²) < 4.78 is 21.7. The Morgan fingerprint density at radius 1 is 0.775 bits per heavy atom. The van der Waals surface area contributed by atoms with Gasteiger partial charge in [-0.3, -0.25) is 20.2 Å². The smallest absolute Gasteiger partial charge is 0.448 e. The van der Waals surface area contributed by atoms with Crippen LogP contribution < -0.4 is 9.47 Å². The molecule has 0 N–H and O–H groups in total. The van der Waals surface area contributed by atoms with E-state index in [2.05, 4.69) is 9.97 Å². The second-order valence-corrected chi connectivity index (χ2v) is 9.57. The molecule has 0 unspecified atom stereocenters. The standard InChI is InChI=1S/C27H26N4O9/c1-15(2)25-28-19(13-37-25)9-17-11-21(30(33)34)5-7-23(17)39-27(32)40-24-8-6-22(31(35)36)12-18(24)10-20-14-38-26(29-20)16(3)4/h5-8,11-16H,9-10H2,1-4H3. The molecule has 0 atom stereocenters. The molecular formula is C27H26N4O9. The topological polar surface area (TPSA) is 174 Å². The molecule has 4 rings (SSSR count). The Labute approximate surface area is 228 Å². The third-order valence-electron chi connectivity index (χ3n) is 5.77. The minimum Gasteiger partial charge on any atom is -0.448 e. The van der Waals surface area contributed by atoms with E-state index in [4.69, 9.17) is 18.3 Å². The van der Waals surface area contributed by atoms with Crippen molar-refractivity contribution >= 4 is 17.5 Å². The van der Waals surface area contributed by atoms with Crippen molar-refractivity contribution in [1.29, 1.82) is 0 Å². The van der Waals surface area contributed by atoms with Crippen LogP contribution >= 0.6 is 0 Å². The number of nitrogens with zero attached hydrogens (tertiary/aromatic N) is 4. The maximum Gasteiger partial charge on any atom is 0.519 e. The number of carbonyl (C=O) groups is 1. The van der Waals surface area contributed by atoms with Crippen LogP contribution in [0.2, 0.25) is 0 Å². The van der Waals surface area contributed by atoms with Crippen LogP contribution in [0.4, 0.5) is 16.2 Å². The lowest BCUT2D eigenvalue weighted by atomic mass is 10.1. The third-order valence-corrected chi connectivity index (χ3v) is 5.77. The summed E-state index contributed by atoms with van der Waals surface area (Å²) in [5, 5.41) is 22.7. The molecule has 0 fully saturated rings. The van der Waals surface area contributed by atoms with Gasteiger partial charge in [-0.2, -0.15) is 0 Å². The highest BCUT2D eigenvalue weighted by atomic mass is 16.7. The number of nitro groups is 2. The van der Waals surface area contributed by atoms with Crippen molar-refractivity contribution in [3.63, 3.8) is 0 Å². The number of oxazole rings is 2. The zero-order valence-corrected chi connectivity index (χ0v) is 22.2. The molecule has 0 radical (unpaired) electrons. The first-order valence-electron chi connectivity index (χ1n) is 12.3. The Hall–Kier alpha value is -5.07. The predicted molar refractivity (Wildman–Crippen MR) is 140 cm³/mol. The largest absolute Gasteiger partial charge is 0.519 e. The molecule has 2 aromatic carbocycles. The molecule has 40 heavy (non-hydrogen) atoms. The van der Waals surface area contributed by atoms with E-state index in [1.807, 2.05) is 27.7 Å². The molecule has 0 spiro atoms. The normalized spacial score (nSPS) is 11.2. The average molecular weight is 551 g/mol. The van der Waals surface area contributed by atoms with Gasteiger partial charge in [0.2, 0.25) is 0 Å². The van der Waals surface area contributed by atoms with Crippen molar-refractivity contribution in [2.75, 3.05) is 0 Å². The molecular weight excluding hydrogens is 524 g/mol. The van der Waals surface area contributed by atoms with Crippen LogP contribution in [-0.2, 0) is 12.8 Å². The number of non-ortho nitro benzene ring substituents is 2. The molecule has 0 aliphatic carbocycles. The molecule has 0 aliphatic rings. The lowest BCUT2D eigenvalue weighted by Crippen LogP contribution is -2.16. The minimum atomic E-state index is -1.14. The fourth-order valence-electron chi connectivity index (χ4n) is 3.76. The van der Waals surface area contributed by atoms with Gasteiger partial charge < -0.3 is 18.3 Å². The number of ether oxygens (including phenoxy) is 2. The van der Waals surface area contributed by atoms with E-state index in [0.29, 0.717) is 34.3 Å². The van der Waals surface area contributed by atoms with Crippen molar-refractivity contribution in [3.05, 3.63) is 103 Å². The summed E-state index contributed by atoms with van der Waals surface area (Å²) in [7, 11) is 0. The quantitative estimate of drug-likeness (QED) is 0.0913. The van der Waals surface area contributed by atoms with Crippen molar-refractivity contribution in [2.24, 2.45) is 0 Å². The first kappa shape index (κ1) is 28.0. The summed E-state index contributed by atoms with van der Waals surface area (Å²) in [6.07, 6.45) is 1.92. The summed E-state index contributed by atoms with van der Waals surface area (Å²) in [6, 6.07) is 7.53. The highest BCUT2D eigenvalue weighted by Gasteiger charge is 2.21. The van der Waals surface area contributed by atoms with Crippen LogP contribution in [-0.4, -0.2) is 26.0 Å². The van der Waals surface area contributed by atoms with Gasteiger partial charge in [-0.15, -0.1) is 0 Å². The lowest BCUT2D eigenvalue weighted by molar-refractivity contribution is -0.385. The van der Waals surface area contributed by atoms with Crippen molar-refractivity contribution in [1.82, 2.24) is 9.97 Å². The fourth-order valence-corrected chi connectivity index (χ4v) is 3.76. The Kier molecular flexibility index (Phi) is 8.22. The van der Waals surface area contributed by atoms with Crippen LogP contribution in [0, 0.1) is 20.2 Å². The summed E-state index contributed by atoms with van der Waals surface area (Å²) >= 11 is 0. The molecule has 13 nitrogen and oxygen atoms in total. The Balaban J connectivity index is 1.58. The van der Waals surface area contributed by atoms with Gasteiger partial charge in [0.05, 0.1) is 21.2 Å². The molecule has 13 heteroatoms. The minimum absolute atomic E-state index is 0.0197. The molecule has 0 saturated carbocycles. The third kappa shape index (κ3) is 6.67. The number of carbonyl (C=O) groups excluding carboxylic acids is 1. The van der Waals surface area contributed by atoms with Gasteiger partial charge in [0, 0.05) is 60.1 Å². The van der Waals surface area contributed by atoms with Crippen LogP contribution in [0.1, 0.15) is 73.8 Å². The summed E-state index contributed by atoms with van der Waals surface area (Å²) in [6.45, 7) is 7.63. The SMILES string of the molecule is CC(C)c1nc(Cc2cc([N+](=O)[O-])ccc2OC(=O)Oc2ccc([N+](=O)[O-])cc2Cc2coc(C(C)C)n2)co1. The van der Waals surface area contributed by atoms with E-state index in [9.17, 15) is 25.0 Å². The second-order valence-electron chi connectivity index (χ2n) is 9.57. The second kappa shape index (κ2) is 11.8. The first-order chi connectivity index (χ1) is 19.0. The van der Waals surface area contributed by atoms with Crippen molar-refractivity contribution in [2.45, 2.75) is 52.4 Å². The summed E-state index contributed by atoms with van der Waals surface area (Å²) in [5.74, 6) is 1.11. The van der Waals surface area contributed by atoms with Gasteiger partial charge >= 0.3 is 6.16 Å². The van der Waals surface area contributed by atoms with Gasteiger partial charge in [0.15, 0.2) is 11.8 Å². The Morgan fingerprint density at radius 2 is 1.18 bits per heavy atom. The number of nitro benzene ring substituents is 2. The zero-order chi connectivity index (χ0) is 29.0. The zero-order valence-electron chi connectivity index (χ0n) is 22.2. The van der Waals surface area contributed by atoms with Crippen LogP contribution in [0.25, 0.3) is 0 Å². The summed E-state index contributed by atoms with van der Waals surface area (Å²) in [4.78, 5) is 43.2. The van der Waals surface area contributed by atoms with Crippen LogP contribution in [0.3, 0.4) is 0 Å². The van der Waals surface area contributed by atoms with Gasteiger partial charge in [-0.25, -0.2) is 14.8 Å². The highest BCUT2D eigenvalue weighted by Crippen LogP contribution is 2.30.